The van der Waals surface area contributed by atoms with Crippen molar-refractivity contribution in [1.29, 1.82) is 0 Å². The first-order valence-electron chi connectivity index (χ1n) is 6.59. The van der Waals surface area contributed by atoms with Gasteiger partial charge in [-0.3, -0.25) is 4.79 Å². The highest BCUT2D eigenvalue weighted by Gasteiger charge is 2.12. The molecule has 0 unspecified atom stereocenters. The number of thiophene rings is 1. The largest absolute Gasteiger partial charge is 0.380 e. The lowest BCUT2D eigenvalue weighted by Crippen LogP contribution is -2.22. The molecule has 0 fully saturated rings. The van der Waals surface area contributed by atoms with E-state index in [9.17, 15) is 4.79 Å². The molecule has 2 aromatic rings. The number of aryl methyl sites for hydroxylation is 2. The van der Waals surface area contributed by atoms with Crippen molar-refractivity contribution in [3.8, 4) is 0 Å². The number of amides is 1. The van der Waals surface area contributed by atoms with Gasteiger partial charge in [0.05, 0.1) is 5.56 Å². The van der Waals surface area contributed by atoms with E-state index in [2.05, 4.69) is 25.2 Å². The Morgan fingerprint density at radius 3 is 2.55 bits per heavy atom. The topological polar surface area (TPSA) is 32.3 Å². The predicted octanol–water partition coefficient (Wildman–Crippen LogP) is 3.68. The third kappa shape index (κ3) is 3.20. The average Bonchev–Trinajstić information content (AvgIpc) is 2.74. The molecule has 0 aliphatic carbocycles. The molecule has 1 heterocycles. The Bertz CT molecular complexity index is 617. The van der Waals surface area contributed by atoms with E-state index in [-0.39, 0.29) is 5.91 Å². The quantitative estimate of drug-likeness (QED) is 0.931. The summed E-state index contributed by atoms with van der Waals surface area (Å²) in [5, 5.41) is 3.38. The molecular formula is C16H20N2OS. The van der Waals surface area contributed by atoms with E-state index >= 15 is 0 Å². The van der Waals surface area contributed by atoms with Crippen molar-refractivity contribution in [1.82, 2.24) is 4.90 Å². The number of hydrogen-bond acceptors (Lipinski definition) is 3. The molecule has 2 rings (SSSR count). The van der Waals surface area contributed by atoms with Crippen molar-refractivity contribution < 1.29 is 4.79 Å². The van der Waals surface area contributed by atoms with E-state index in [1.54, 1.807) is 30.3 Å². The van der Waals surface area contributed by atoms with Crippen LogP contribution in [0.3, 0.4) is 0 Å². The molecular weight excluding hydrogens is 268 g/mol. The van der Waals surface area contributed by atoms with Crippen LogP contribution in [0.15, 0.2) is 30.3 Å². The minimum atomic E-state index is 0.0197. The van der Waals surface area contributed by atoms with E-state index in [0.29, 0.717) is 5.56 Å². The second-order valence-corrected chi connectivity index (χ2v) is 6.50. The Balaban J connectivity index is 2.18. The smallest absolute Gasteiger partial charge is 0.255 e. The highest BCUT2D eigenvalue weighted by molar-refractivity contribution is 7.12. The van der Waals surface area contributed by atoms with Crippen molar-refractivity contribution >= 4 is 22.9 Å². The van der Waals surface area contributed by atoms with Gasteiger partial charge < -0.3 is 10.2 Å². The van der Waals surface area contributed by atoms with Gasteiger partial charge in [0.15, 0.2) is 0 Å². The van der Waals surface area contributed by atoms with Crippen LogP contribution in [-0.2, 0) is 6.54 Å². The predicted molar refractivity (Wildman–Crippen MR) is 85.6 cm³/mol. The van der Waals surface area contributed by atoms with Crippen LogP contribution in [0.25, 0.3) is 0 Å². The summed E-state index contributed by atoms with van der Waals surface area (Å²) in [4.78, 5) is 16.4. The molecule has 0 aliphatic rings. The van der Waals surface area contributed by atoms with Gasteiger partial charge in [-0.2, -0.15) is 0 Å². The summed E-state index contributed by atoms with van der Waals surface area (Å²) in [5.74, 6) is 0.0197. The number of nitrogens with one attached hydrogen (secondary N) is 1. The number of benzene rings is 1. The number of rotatable bonds is 4. The summed E-state index contributed by atoms with van der Waals surface area (Å²) in [6.07, 6.45) is 0. The fraction of sp³-hybridized carbons (Fsp3) is 0.312. The molecule has 0 bridgehead atoms. The van der Waals surface area contributed by atoms with Crippen molar-refractivity contribution in [2.75, 3.05) is 19.4 Å². The van der Waals surface area contributed by atoms with Gasteiger partial charge in [0.25, 0.3) is 5.91 Å². The molecule has 3 nitrogen and oxygen atoms in total. The maximum atomic E-state index is 12.1. The first kappa shape index (κ1) is 14.6. The van der Waals surface area contributed by atoms with E-state index in [1.807, 2.05) is 24.3 Å². The van der Waals surface area contributed by atoms with E-state index in [0.717, 1.165) is 12.2 Å². The van der Waals surface area contributed by atoms with Crippen LogP contribution in [0.4, 0.5) is 5.69 Å². The minimum Gasteiger partial charge on any atom is -0.380 e. The van der Waals surface area contributed by atoms with Gasteiger partial charge in [0.1, 0.15) is 0 Å². The zero-order valence-electron chi connectivity index (χ0n) is 12.4. The molecule has 0 spiro atoms. The molecule has 1 aromatic heterocycles. The monoisotopic (exact) mass is 288 g/mol. The molecule has 1 aromatic carbocycles. The van der Waals surface area contributed by atoms with E-state index < -0.39 is 0 Å². The maximum absolute atomic E-state index is 12.1. The molecule has 20 heavy (non-hydrogen) atoms. The SMILES string of the molecule is Cc1cc(CNc2ccccc2C(=O)N(C)C)c(C)s1. The van der Waals surface area contributed by atoms with Gasteiger partial charge in [-0.25, -0.2) is 0 Å². The van der Waals surface area contributed by atoms with Gasteiger partial charge in [-0.05, 0) is 37.6 Å². The summed E-state index contributed by atoms with van der Waals surface area (Å²) in [6, 6.07) is 9.84. The Morgan fingerprint density at radius 1 is 1.25 bits per heavy atom. The van der Waals surface area contributed by atoms with Crippen LogP contribution in [0.2, 0.25) is 0 Å². The molecule has 4 heteroatoms. The lowest BCUT2D eigenvalue weighted by molar-refractivity contribution is 0.0828. The highest BCUT2D eigenvalue weighted by atomic mass is 32.1. The number of para-hydroxylation sites is 1. The molecule has 0 saturated heterocycles. The van der Waals surface area contributed by atoms with Crippen LogP contribution < -0.4 is 5.32 Å². The Kier molecular flexibility index (Phi) is 4.45. The molecule has 0 atom stereocenters. The third-order valence-corrected chi connectivity index (χ3v) is 4.18. The number of carbonyl (C=O) groups excluding carboxylic acids is 1. The summed E-state index contributed by atoms with van der Waals surface area (Å²) < 4.78 is 0. The summed E-state index contributed by atoms with van der Waals surface area (Å²) in [7, 11) is 3.54. The van der Waals surface area contributed by atoms with Crippen LogP contribution in [0, 0.1) is 13.8 Å². The zero-order chi connectivity index (χ0) is 14.7. The normalized spacial score (nSPS) is 10.4. The van der Waals surface area contributed by atoms with Gasteiger partial charge in [-0.1, -0.05) is 12.1 Å². The fourth-order valence-corrected chi connectivity index (χ4v) is 3.06. The van der Waals surface area contributed by atoms with Crippen LogP contribution in [-0.4, -0.2) is 24.9 Å². The molecule has 0 aliphatic heterocycles. The summed E-state index contributed by atoms with van der Waals surface area (Å²) in [6.45, 7) is 4.99. The van der Waals surface area contributed by atoms with Crippen molar-refractivity contribution in [2.24, 2.45) is 0 Å². The zero-order valence-corrected chi connectivity index (χ0v) is 13.2. The first-order chi connectivity index (χ1) is 9.49. The molecule has 1 N–H and O–H groups in total. The minimum absolute atomic E-state index is 0.0197. The van der Waals surface area contributed by atoms with Crippen molar-refractivity contribution in [3.05, 3.63) is 51.2 Å². The number of anilines is 1. The Morgan fingerprint density at radius 2 is 1.95 bits per heavy atom. The van der Waals surface area contributed by atoms with Crippen LogP contribution in [0.1, 0.15) is 25.7 Å². The summed E-state index contributed by atoms with van der Waals surface area (Å²) >= 11 is 1.80. The summed E-state index contributed by atoms with van der Waals surface area (Å²) in [5.41, 5.74) is 2.89. The molecule has 0 radical (unpaired) electrons. The van der Waals surface area contributed by atoms with Gasteiger partial charge >= 0.3 is 0 Å². The average molecular weight is 288 g/mol. The van der Waals surface area contributed by atoms with E-state index in [4.69, 9.17) is 0 Å². The standard InChI is InChI=1S/C16H20N2OS/c1-11-9-13(12(2)20-11)10-17-15-8-6-5-7-14(15)16(19)18(3)4/h5-9,17H,10H2,1-4H3. The highest BCUT2D eigenvalue weighted by Crippen LogP contribution is 2.23. The van der Waals surface area contributed by atoms with Gasteiger partial charge in [0, 0.05) is 36.1 Å². The van der Waals surface area contributed by atoms with Gasteiger partial charge in [-0.15, -0.1) is 11.3 Å². The van der Waals surface area contributed by atoms with Crippen molar-refractivity contribution in [3.63, 3.8) is 0 Å². The van der Waals surface area contributed by atoms with Crippen molar-refractivity contribution in [2.45, 2.75) is 20.4 Å². The lowest BCUT2D eigenvalue weighted by atomic mass is 10.1. The molecule has 0 saturated carbocycles. The lowest BCUT2D eigenvalue weighted by Gasteiger charge is -2.15. The molecule has 106 valence electrons. The Hall–Kier alpha value is -1.81. The fourth-order valence-electron chi connectivity index (χ4n) is 2.11. The molecule has 1 amide bonds. The maximum Gasteiger partial charge on any atom is 0.255 e. The van der Waals surface area contributed by atoms with Gasteiger partial charge in [0.2, 0.25) is 0 Å². The second kappa shape index (κ2) is 6.09. The third-order valence-electron chi connectivity index (χ3n) is 3.18. The van der Waals surface area contributed by atoms with Crippen LogP contribution in [0.5, 0.6) is 0 Å². The van der Waals surface area contributed by atoms with E-state index in [1.165, 1.54) is 15.3 Å². The second-order valence-electron chi connectivity index (χ2n) is 5.04. The number of carbonyl (C=O) groups is 1. The first-order valence-corrected chi connectivity index (χ1v) is 7.41. The van der Waals surface area contributed by atoms with Crippen LogP contribution >= 0.6 is 11.3 Å². The Labute approximate surface area is 124 Å². The number of hydrogen-bond donors (Lipinski definition) is 1. The number of nitrogens with zero attached hydrogens (tertiary/aromatic N) is 1.